The second-order valence-corrected chi connectivity index (χ2v) is 7.35. The number of rotatable bonds is 8. The molecule has 1 aromatic heterocycles. The molecular formula is C21H24N4O2S. The van der Waals surface area contributed by atoms with Gasteiger partial charge in [0.15, 0.2) is 0 Å². The normalized spacial score (nSPS) is 11.8. The van der Waals surface area contributed by atoms with Gasteiger partial charge < -0.3 is 9.64 Å². The molecule has 3 aromatic rings. The zero-order valence-electron chi connectivity index (χ0n) is 16.3. The van der Waals surface area contributed by atoms with Crippen LogP contribution in [0.4, 0.5) is 0 Å². The van der Waals surface area contributed by atoms with E-state index in [9.17, 15) is 4.79 Å². The predicted octanol–water partition coefficient (Wildman–Crippen LogP) is 3.98. The lowest BCUT2D eigenvalue weighted by atomic mass is 10.1. The van der Waals surface area contributed by atoms with Crippen molar-refractivity contribution in [3.63, 3.8) is 0 Å². The van der Waals surface area contributed by atoms with Gasteiger partial charge in [0.25, 0.3) is 0 Å². The van der Waals surface area contributed by atoms with Crippen LogP contribution in [0.15, 0.2) is 66.1 Å². The molecule has 3 rings (SSSR count). The van der Waals surface area contributed by atoms with E-state index >= 15 is 0 Å². The first-order chi connectivity index (χ1) is 13.6. The second kappa shape index (κ2) is 9.41. The van der Waals surface area contributed by atoms with Crippen LogP contribution in [0.2, 0.25) is 0 Å². The molecule has 0 aliphatic heterocycles. The molecule has 0 unspecified atom stereocenters. The summed E-state index contributed by atoms with van der Waals surface area (Å²) in [4.78, 5) is 19.4. The molecule has 2 aromatic carbocycles. The molecule has 6 nitrogen and oxygen atoms in total. The fraction of sp³-hybridized carbons (Fsp3) is 0.286. The summed E-state index contributed by atoms with van der Waals surface area (Å²) in [5.74, 6) is 1.33. The van der Waals surface area contributed by atoms with Crippen molar-refractivity contribution in [3.05, 3.63) is 66.7 Å². The van der Waals surface area contributed by atoms with E-state index in [4.69, 9.17) is 4.74 Å². The van der Waals surface area contributed by atoms with Gasteiger partial charge in [-0.3, -0.25) is 4.79 Å². The van der Waals surface area contributed by atoms with Crippen LogP contribution in [0, 0.1) is 0 Å². The Morgan fingerprint density at radius 1 is 1.18 bits per heavy atom. The van der Waals surface area contributed by atoms with E-state index in [1.807, 2.05) is 69.4 Å². The van der Waals surface area contributed by atoms with Crippen molar-refractivity contribution >= 4 is 17.7 Å². The summed E-state index contributed by atoms with van der Waals surface area (Å²) in [6.45, 7) is 4.64. The number of benzene rings is 2. The first kappa shape index (κ1) is 19.9. The van der Waals surface area contributed by atoms with Gasteiger partial charge >= 0.3 is 0 Å². The Morgan fingerprint density at radius 2 is 1.89 bits per heavy atom. The van der Waals surface area contributed by atoms with Crippen molar-refractivity contribution in [3.8, 4) is 11.4 Å². The van der Waals surface area contributed by atoms with Crippen LogP contribution in [-0.4, -0.2) is 45.0 Å². The van der Waals surface area contributed by atoms with E-state index < -0.39 is 0 Å². The molecule has 0 aliphatic rings. The van der Waals surface area contributed by atoms with Crippen molar-refractivity contribution < 1.29 is 9.53 Å². The predicted molar refractivity (Wildman–Crippen MR) is 111 cm³/mol. The largest absolute Gasteiger partial charge is 0.494 e. The lowest BCUT2D eigenvalue weighted by molar-refractivity contribution is -0.128. The fourth-order valence-electron chi connectivity index (χ4n) is 2.73. The third-order valence-electron chi connectivity index (χ3n) is 4.53. The number of hydrogen-bond acceptors (Lipinski definition) is 5. The zero-order chi connectivity index (χ0) is 19.9. The van der Waals surface area contributed by atoms with E-state index in [1.165, 1.54) is 18.1 Å². The molecular weight excluding hydrogens is 372 g/mol. The quantitative estimate of drug-likeness (QED) is 0.539. The first-order valence-electron chi connectivity index (χ1n) is 9.14. The third kappa shape index (κ3) is 4.92. The minimum absolute atomic E-state index is 0.0155. The summed E-state index contributed by atoms with van der Waals surface area (Å²) in [6, 6.07) is 15.8. The summed E-state index contributed by atoms with van der Waals surface area (Å²) >= 11 is 1.53. The first-order valence-corrected chi connectivity index (χ1v) is 10.1. The van der Waals surface area contributed by atoms with Crippen LogP contribution in [0.3, 0.4) is 0 Å². The van der Waals surface area contributed by atoms with Crippen molar-refractivity contribution in [2.75, 3.05) is 19.4 Å². The Bertz CT molecular complexity index is 880. The van der Waals surface area contributed by atoms with Crippen LogP contribution in [-0.2, 0) is 4.79 Å². The number of nitrogens with zero attached hydrogens (tertiary/aromatic N) is 4. The van der Waals surface area contributed by atoms with Gasteiger partial charge in [0.05, 0.1) is 24.1 Å². The van der Waals surface area contributed by atoms with E-state index in [0.717, 1.165) is 21.9 Å². The molecule has 1 atom stereocenters. The van der Waals surface area contributed by atoms with Crippen molar-refractivity contribution in [2.24, 2.45) is 0 Å². The number of ether oxygens (including phenoxy) is 1. The Balaban J connectivity index is 1.56. The highest BCUT2D eigenvalue weighted by Gasteiger charge is 2.17. The smallest absolute Gasteiger partial charge is 0.233 e. The SMILES string of the molecule is CCOc1ccc(SCC(=O)N(C)[C@@H](C)c2ccc(-n3cncn3)cc2)cc1. The number of hydrogen-bond donors (Lipinski definition) is 0. The second-order valence-electron chi connectivity index (χ2n) is 6.31. The van der Waals surface area contributed by atoms with E-state index in [0.29, 0.717) is 12.4 Å². The summed E-state index contributed by atoms with van der Waals surface area (Å²) < 4.78 is 7.15. The maximum atomic E-state index is 12.6. The van der Waals surface area contributed by atoms with Gasteiger partial charge in [-0.2, -0.15) is 5.10 Å². The van der Waals surface area contributed by atoms with Gasteiger partial charge in [0, 0.05) is 11.9 Å². The Hall–Kier alpha value is -2.80. The Morgan fingerprint density at radius 3 is 2.50 bits per heavy atom. The zero-order valence-corrected chi connectivity index (χ0v) is 17.1. The average molecular weight is 397 g/mol. The van der Waals surface area contributed by atoms with Gasteiger partial charge in [-0.15, -0.1) is 11.8 Å². The van der Waals surface area contributed by atoms with Crippen molar-refractivity contribution in [1.82, 2.24) is 19.7 Å². The van der Waals surface area contributed by atoms with Crippen LogP contribution < -0.4 is 4.74 Å². The summed E-state index contributed by atoms with van der Waals surface area (Å²) in [5.41, 5.74) is 2.01. The number of carbonyl (C=O) groups excluding carboxylic acids is 1. The maximum absolute atomic E-state index is 12.6. The van der Waals surface area contributed by atoms with Crippen molar-refractivity contribution in [2.45, 2.75) is 24.8 Å². The summed E-state index contributed by atoms with van der Waals surface area (Å²) in [7, 11) is 1.84. The molecule has 0 N–H and O–H groups in total. The van der Waals surface area contributed by atoms with Gasteiger partial charge in [-0.05, 0) is 55.8 Å². The molecule has 1 heterocycles. The van der Waals surface area contributed by atoms with E-state index in [-0.39, 0.29) is 11.9 Å². The third-order valence-corrected chi connectivity index (χ3v) is 5.53. The maximum Gasteiger partial charge on any atom is 0.233 e. The molecule has 0 radical (unpaired) electrons. The van der Waals surface area contributed by atoms with Gasteiger partial charge in [-0.1, -0.05) is 12.1 Å². The van der Waals surface area contributed by atoms with E-state index in [1.54, 1.807) is 15.9 Å². The van der Waals surface area contributed by atoms with Gasteiger partial charge in [-0.25, -0.2) is 9.67 Å². The monoisotopic (exact) mass is 396 g/mol. The minimum atomic E-state index is -0.0155. The molecule has 28 heavy (non-hydrogen) atoms. The molecule has 0 saturated heterocycles. The van der Waals surface area contributed by atoms with Crippen LogP contribution >= 0.6 is 11.8 Å². The molecule has 7 heteroatoms. The molecule has 0 bridgehead atoms. The molecule has 0 saturated carbocycles. The lowest BCUT2D eigenvalue weighted by Gasteiger charge is -2.25. The molecule has 146 valence electrons. The van der Waals surface area contributed by atoms with Gasteiger partial charge in [0.2, 0.25) is 5.91 Å². The number of aromatic nitrogens is 3. The Kier molecular flexibility index (Phi) is 6.71. The molecule has 0 aliphatic carbocycles. The highest BCUT2D eigenvalue weighted by atomic mass is 32.2. The van der Waals surface area contributed by atoms with E-state index in [2.05, 4.69) is 10.1 Å². The summed E-state index contributed by atoms with van der Waals surface area (Å²) in [6.07, 6.45) is 3.16. The van der Waals surface area contributed by atoms with Crippen LogP contribution in [0.1, 0.15) is 25.5 Å². The number of carbonyl (C=O) groups is 1. The summed E-state index contributed by atoms with van der Waals surface area (Å²) in [5, 5.41) is 4.12. The standard InChI is InChI=1S/C21H24N4O2S/c1-4-27-19-9-11-20(12-10-19)28-13-21(26)24(3)16(2)17-5-7-18(8-6-17)25-15-22-14-23-25/h5-12,14-16H,4,13H2,1-3H3/t16-/m0/s1. The minimum Gasteiger partial charge on any atom is -0.494 e. The highest BCUT2D eigenvalue weighted by Crippen LogP contribution is 2.24. The molecule has 0 spiro atoms. The molecule has 1 amide bonds. The topological polar surface area (TPSA) is 60.2 Å². The Labute approximate surface area is 169 Å². The number of thioether (sulfide) groups is 1. The van der Waals surface area contributed by atoms with Crippen molar-refractivity contribution in [1.29, 1.82) is 0 Å². The van der Waals surface area contributed by atoms with Crippen LogP contribution in [0.5, 0.6) is 5.75 Å². The highest BCUT2D eigenvalue weighted by molar-refractivity contribution is 8.00. The lowest BCUT2D eigenvalue weighted by Crippen LogP contribution is -2.31. The number of amides is 1. The average Bonchev–Trinajstić information content (AvgIpc) is 3.27. The van der Waals surface area contributed by atoms with Gasteiger partial charge in [0.1, 0.15) is 18.4 Å². The van der Waals surface area contributed by atoms with Crippen LogP contribution in [0.25, 0.3) is 5.69 Å². The molecule has 0 fully saturated rings. The fourth-order valence-corrected chi connectivity index (χ4v) is 3.55.